The molecule has 2 aromatic rings. The minimum absolute atomic E-state index is 0.107. The van der Waals surface area contributed by atoms with Crippen LogP contribution in [0.5, 0.6) is 5.75 Å². The minimum atomic E-state index is -0.117. The van der Waals surface area contributed by atoms with Crippen LogP contribution in [-0.2, 0) is 9.59 Å². The van der Waals surface area contributed by atoms with Gasteiger partial charge in [-0.25, -0.2) is 0 Å². The van der Waals surface area contributed by atoms with Gasteiger partial charge in [0, 0.05) is 31.3 Å². The summed E-state index contributed by atoms with van der Waals surface area (Å²) in [6.45, 7) is 5.75. The fourth-order valence-corrected chi connectivity index (χ4v) is 2.53. The number of hydrogen-bond acceptors (Lipinski definition) is 3. The molecule has 25 heavy (non-hydrogen) atoms. The number of benzene rings is 2. The zero-order chi connectivity index (χ0) is 18.4. The van der Waals surface area contributed by atoms with E-state index >= 15 is 0 Å². The van der Waals surface area contributed by atoms with E-state index in [0.717, 1.165) is 28.3 Å². The van der Waals surface area contributed by atoms with Crippen molar-refractivity contribution in [3.05, 3.63) is 53.6 Å². The van der Waals surface area contributed by atoms with E-state index in [-0.39, 0.29) is 18.2 Å². The van der Waals surface area contributed by atoms with Crippen LogP contribution in [0.4, 0.5) is 11.4 Å². The van der Waals surface area contributed by atoms with Crippen molar-refractivity contribution < 1.29 is 14.3 Å². The molecule has 0 aliphatic rings. The third-order valence-corrected chi connectivity index (χ3v) is 3.99. The van der Waals surface area contributed by atoms with Crippen LogP contribution in [0.2, 0.25) is 0 Å². The Balaban J connectivity index is 2.01. The first-order valence-electron chi connectivity index (χ1n) is 8.20. The maximum atomic E-state index is 12.3. The van der Waals surface area contributed by atoms with Gasteiger partial charge in [0.05, 0.1) is 7.11 Å². The number of rotatable bonds is 6. The standard InChI is InChI=1S/C20H24N2O3/c1-14-5-6-15(2)19(13-14)21-20(24)11-12-22(16(3)23)17-7-9-18(25-4)10-8-17/h5-10,13H,11-12H2,1-4H3,(H,21,24). The summed E-state index contributed by atoms with van der Waals surface area (Å²) in [5, 5.41) is 2.92. The summed E-state index contributed by atoms with van der Waals surface area (Å²) in [6, 6.07) is 13.1. The largest absolute Gasteiger partial charge is 0.497 e. The second-order valence-corrected chi connectivity index (χ2v) is 5.99. The molecule has 0 saturated heterocycles. The topological polar surface area (TPSA) is 58.6 Å². The highest BCUT2D eigenvalue weighted by atomic mass is 16.5. The van der Waals surface area contributed by atoms with Gasteiger partial charge in [-0.2, -0.15) is 0 Å². The van der Waals surface area contributed by atoms with Crippen molar-refractivity contribution in [2.45, 2.75) is 27.2 Å². The maximum absolute atomic E-state index is 12.3. The van der Waals surface area contributed by atoms with E-state index in [4.69, 9.17) is 4.74 Å². The zero-order valence-electron chi connectivity index (χ0n) is 15.1. The van der Waals surface area contributed by atoms with E-state index in [2.05, 4.69) is 5.32 Å². The number of nitrogens with zero attached hydrogens (tertiary/aromatic N) is 1. The van der Waals surface area contributed by atoms with Crippen molar-refractivity contribution >= 4 is 23.2 Å². The van der Waals surface area contributed by atoms with Gasteiger partial charge >= 0.3 is 0 Å². The first-order valence-corrected chi connectivity index (χ1v) is 8.20. The molecule has 0 radical (unpaired) electrons. The van der Waals surface area contributed by atoms with E-state index in [1.807, 2.05) is 44.2 Å². The van der Waals surface area contributed by atoms with Crippen LogP contribution in [0, 0.1) is 13.8 Å². The number of ether oxygens (including phenoxy) is 1. The van der Waals surface area contributed by atoms with E-state index in [0.29, 0.717) is 6.54 Å². The average Bonchev–Trinajstić information content (AvgIpc) is 2.58. The summed E-state index contributed by atoms with van der Waals surface area (Å²) >= 11 is 0. The molecule has 0 heterocycles. The molecule has 0 bridgehead atoms. The van der Waals surface area contributed by atoms with Gasteiger partial charge < -0.3 is 15.0 Å². The molecule has 0 spiro atoms. The van der Waals surface area contributed by atoms with Crippen LogP contribution in [0.1, 0.15) is 24.5 Å². The van der Waals surface area contributed by atoms with E-state index in [1.165, 1.54) is 6.92 Å². The second kappa shape index (κ2) is 8.33. The predicted molar refractivity (Wildman–Crippen MR) is 100 cm³/mol. The summed E-state index contributed by atoms with van der Waals surface area (Å²) in [7, 11) is 1.59. The fourth-order valence-electron chi connectivity index (χ4n) is 2.53. The highest BCUT2D eigenvalue weighted by Gasteiger charge is 2.14. The van der Waals surface area contributed by atoms with Crippen molar-refractivity contribution in [1.82, 2.24) is 0 Å². The molecule has 0 aliphatic carbocycles. The minimum Gasteiger partial charge on any atom is -0.497 e. The quantitative estimate of drug-likeness (QED) is 0.872. The number of carbonyl (C=O) groups is 2. The molecule has 5 nitrogen and oxygen atoms in total. The lowest BCUT2D eigenvalue weighted by Gasteiger charge is -2.21. The maximum Gasteiger partial charge on any atom is 0.226 e. The molecule has 0 saturated carbocycles. The molecule has 0 aliphatic heterocycles. The number of methoxy groups -OCH3 is 1. The van der Waals surface area contributed by atoms with E-state index < -0.39 is 0 Å². The average molecular weight is 340 g/mol. The van der Waals surface area contributed by atoms with Gasteiger partial charge in [0.2, 0.25) is 11.8 Å². The second-order valence-electron chi connectivity index (χ2n) is 5.99. The molecule has 0 aromatic heterocycles. The van der Waals surface area contributed by atoms with Crippen LogP contribution in [0.25, 0.3) is 0 Å². The van der Waals surface area contributed by atoms with E-state index in [9.17, 15) is 9.59 Å². The lowest BCUT2D eigenvalue weighted by molar-refractivity contribution is -0.117. The Morgan fingerprint density at radius 3 is 2.36 bits per heavy atom. The first kappa shape index (κ1) is 18.5. The molecule has 5 heteroatoms. The summed E-state index contributed by atoms with van der Waals surface area (Å²) in [5.41, 5.74) is 3.65. The molecule has 2 aromatic carbocycles. The van der Waals surface area contributed by atoms with Crippen molar-refractivity contribution in [1.29, 1.82) is 0 Å². The Hall–Kier alpha value is -2.82. The van der Waals surface area contributed by atoms with Crippen molar-refractivity contribution in [3.63, 3.8) is 0 Å². The Morgan fingerprint density at radius 2 is 1.76 bits per heavy atom. The fraction of sp³-hybridized carbons (Fsp3) is 0.300. The van der Waals surface area contributed by atoms with Gasteiger partial charge in [-0.3, -0.25) is 9.59 Å². The molecule has 2 rings (SSSR count). The van der Waals surface area contributed by atoms with Crippen LogP contribution in [0.15, 0.2) is 42.5 Å². The Bertz CT molecular complexity index is 754. The highest BCUT2D eigenvalue weighted by Crippen LogP contribution is 2.20. The molecule has 1 N–H and O–H groups in total. The Morgan fingerprint density at radius 1 is 1.08 bits per heavy atom. The number of aryl methyl sites for hydroxylation is 2. The van der Waals surface area contributed by atoms with Gasteiger partial charge in [0.1, 0.15) is 5.75 Å². The smallest absolute Gasteiger partial charge is 0.226 e. The van der Waals surface area contributed by atoms with Crippen LogP contribution < -0.4 is 15.0 Å². The van der Waals surface area contributed by atoms with Gasteiger partial charge in [-0.15, -0.1) is 0 Å². The van der Waals surface area contributed by atoms with E-state index in [1.54, 1.807) is 24.1 Å². The number of amides is 2. The molecule has 0 fully saturated rings. The summed E-state index contributed by atoms with van der Waals surface area (Å²) in [4.78, 5) is 25.8. The third kappa shape index (κ3) is 5.08. The summed E-state index contributed by atoms with van der Waals surface area (Å²) in [6.07, 6.45) is 0.221. The third-order valence-electron chi connectivity index (χ3n) is 3.99. The van der Waals surface area contributed by atoms with Gasteiger partial charge in [-0.1, -0.05) is 12.1 Å². The van der Waals surface area contributed by atoms with Gasteiger partial charge in [0.15, 0.2) is 0 Å². The van der Waals surface area contributed by atoms with Crippen LogP contribution in [0.3, 0.4) is 0 Å². The number of anilines is 2. The SMILES string of the molecule is COc1ccc(N(CCC(=O)Nc2cc(C)ccc2C)C(C)=O)cc1. The van der Waals surface area contributed by atoms with Crippen LogP contribution in [-0.4, -0.2) is 25.5 Å². The molecule has 2 amide bonds. The first-order chi connectivity index (χ1) is 11.9. The molecular formula is C20H24N2O3. The molecule has 0 atom stereocenters. The Labute approximate surface area is 148 Å². The van der Waals surface area contributed by atoms with Gasteiger partial charge in [0.25, 0.3) is 0 Å². The predicted octanol–water partition coefficient (Wildman–Crippen LogP) is 3.69. The van der Waals surface area contributed by atoms with Crippen molar-refractivity contribution in [3.8, 4) is 5.75 Å². The zero-order valence-corrected chi connectivity index (χ0v) is 15.1. The molecule has 132 valence electrons. The van der Waals surface area contributed by atoms with Crippen molar-refractivity contribution in [2.75, 3.05) is 23.9 Å². The summed E-state index contributed by atoms with van der Waals surface area (Å²) in [5.74, 6) is 0.498. The van der Waals surface area contributed by atoms with Crippen LogP contribution >= 0.6 is 0 Å². The molecule has 0 unspecified atom stereocenters. The number of carbonyl (C=O) groups excluding carboxylic acids is 2. The number of nitrogens with one attached hydrogen (secondary N) is 1. The molecular weight excluding hydrogens is 316 g/mol. The normalized spacial score (nSPS) is 10.2. The summed E-state index contributed by atoms with van der Waals surface area (Å²) < 4.78 is 5.13. The van der Waals surface area contributed by atoms with Crippen molar-refractivity contribution in [2.24, 2.45) is 0 Å². The number of hydrogen-bond donors (Lipinski definition) is 1. The lowest BCUT2D eigenvalue weighted by Crippen LogP contribution is -2.32. The van der Waals surface area contributed by atoms with Gasteiger partial charge in [-0.05, 0) is 55.3 Å². The monoisotopic (exact) mass is 340 g/mol. The lowest BCUT2D eigenvalue weighted by atomic mass is 10.1. The Kier molecular flexibility index (Phi) is 6.17. The highest BCUT2D eigenvalue weighted by molar-refractivity contribution is 5.95.